The van der Waals surface area contributed by atoms with Crippen molar-refractivity contribution >= 4 is 28.8 Å². The number of aromatic nitrogens is 2. The molecule has 39 heavy (non-hydrogen) atoms. The minimum Gasteiger partial charge on any atom is -0.336 e. The van der Waals surface area contributed by atoms with E-state index in [1.807, 2.05) is 25.2 Å². The normalized spacial score (nSPS) is 21.3. The van der Waals surface area contributed by atoms with Crippen LogP contribution in [0.5, 0.6) is 0 Å². The fourth-order valence-electron chi connectivity index (χ4n) is 6.21. The van der Waals surface area contributed by atoms with Gasteiger partial charge in [-0.2, -0.15) is 0 Å². The summed E-state index contributed by atoms with van der Waals surface area (Å²) < 4.78 is 2.05. The van der Waals surface area contributed by atoms with Gasteiger partial charge in [0.15, 0.2) is 0 Å². The molecule has 3 aliphatic heterocycles. The average Bonchev–Trinajstić information content (AvgIpc) is 3.46. The molecular formula is C31H29N5O3. The quantitative estimate of drug-likeness (QED) is 0.404. The number of nitrogens with zero attached hydrogens (tertiary/aromatic N) is 4. The minimum absolute atomic E-state index is 0.165. The second-order valence-corrected chi connectivity index (χ2v) is 10.8. The van der Waals surface area contributed by atoms with E-state index in [0.717, 1.165) is 47.4 Å². The molecule has 0 saturated carbocycles. The molecule has 3 amide bonds. The number of nitrogens with one attached hydrogen (secondary N) is 1. The predicted octanol–water partition coefficient (Wildman–Crippen LogP) is 3.95. The molecule has 8 nitrogen and oxygen atoms in total. The molecular weight excluding hydrogens is 490 g/mol. The molecule has 8 heteroatoms. The van der Waals surface area contributed by atoms with E-state index >= 15 is 0 Å². The van der Waals surface area contributed by atoms with E-state index in [-0.39, 0.29) is 18.2 Å². The Bertz CT molecular complexity index is 1640. The van der Waals surface area contributed by atoms with Crippen LogP contribution in [-0.4, -0.2) is 49.7 Å². The lowest BCUT2D eigenvalue weighted by atomic mass is 9.93. The number of aryl methyl sites for hydroxylation is 1. The first-order valence-electron chi connectivity index (χ1n) is 13.5. The van der Waals surface area contributed by atoms with Crippen LogP contribution >= 0.6 is 0 Å². The maximum atomic E-state index is 13.2. The van der Waals surface area contributed by atoms with Gasteiger partial charge in [-0.25, -0.2) is 4.98 Å². The molecule has 196 valence electrons. The van der Waals surface area contributed by atoms with Gasteiger partial charge in [-0.05, 0) is 53.8 Å². The highest BCUT2D eigenvalue weighted by molar-refractivity contribution is 6.05. The standard InChI is InChI=1S/C31H29N5O3/c1-34-13-11-23-22(17-35-14-12-26(35)19-5-3-2-4-6-19)16-25(32-29(23)34)20-7-8-24-21(15-20)18-36(31(24)39)27-9-10-28(37)33-30(27)38/h2-8,11,13,15-16,26-27H,9-10,12,14,17-18H2,1H3,(H,33,37,38). The molecule has 0 bridgehead atoms. The molecule has 5 heterocycles. The summed E-state index contributed by atoms with van der Waals surface area (Å²) in [6.07, 6.45) is 3.80. The lowest BCUT2D eigenvalue weighted by Crippen LogP contribution is -2.52. The third-order valence-electron chi connectivity index (χ3n) is 8.43. The molecule has 1 N–H and O–H groups in total. The van der Waals surface area contributed by atoms with Gasteiger partial charge in [0.1, 0.15) is 11.7 Å². The highest BCUT2D eigenvalue weighted by Crippen LogP contribution is 2.37. The van der Waals surface area contributed by atoms with Crippen molar-refractivity contribution in [3.8, 4) is 11.3 Å². The summed E-state index contributed by atoms with van der Waals surface area (Å²) in [5.74, 6) is -0.843. The third-order valence-corrected chi connectivity index (χ3v) is 8.43. The molecule has 2 aromatic heterocycles. The van der Waals surface area contributed by atoms with E-state index in [0.29, 0.717) is 24.6 Å². The van der Waals surface area contributed by atoms with E-state index in [4.69, 9.17) is 4.98 Å². The summed E-state index contributed by atoms with van der Waals surface area (Å²) in [4.78, 5) is 46.3. The number of carbonyl (C=O) groups excluding carboxylic acids is 3. The number of hydrogen-bond donors (Lipinski definition) is 1. The highest BCUT2D eigenvalue weighted by Gasteiger charge is 2.39. The monoisotopic (exact) mass is 519 g/mol. The van der Waals surface area contributed by atoms with Crippen molar-refractivity contribution in [3.63, 3.8) is 0 Å². The van der Waals surface area contributed by atoms with Gasteiger partial charge in [-0.1, -0.05) is 36.4 Å². The summed E-state index contributed by atoms with van der Waals surface area (Å²) in [6, 6.07) is 20.6. The zero-order chi connectivity index (χ0) is 26.7. The van der Waals surface area contributed by atoms with Crippen LogP contribution in [0.4, 0.5) is 0 Å². The first-order valence-corrected chi connectivity index (χ1v) is 13.5. The molecule has 0 aliphatic carbocycles. The summed E-state index contributed by atoms with van der Waals surface area (Å²) in [5, 5.41) is 3.52. The summed E-state index contributed by atoms with van der Waals surface area (Å²) >= 11 is 0. The zero-order valence-corrected chi connectivity index (χ0v) is 21.8. The second kappa shape index (κ2) is 9.17. The molecule has 0 spiro atoms. The molecule has 4 aromatic rings. The number of imide groups is 1. The number of likely N-dealkylation sites (tertiary alicyclic amines) is 1. The van der Waals surface area contributed by atoms with Crippen molar-refractivity contribution in [1.29, 1.82) is 0 Å². The SMILES string of the molecule is Cn1ccc2c(CN3CCC3c3ccccc3)cc(-c3ccc4c(c3)CN(C3CCC(=O)NC3=O)C4=O)nc21. The second-order valence-electron chi connectivity index (χ2n) is 10.8. The van der Waals surface area contributed by atoms with Gasteiger partial charge in [0.25, 0.3) is 5.91 Å². The molecule has 2 unspecified atom stereocenters. The van der Waals surface area contributed by atoms with Crippen molar-refractivity contribution in [3.05, 3.63) is 89.1 Å². The van der Waals surface area contributed by atoms with Crippen LogP contribution in [0.15, 0.2) is 66.9 Å². The van der Waals surface area contributed by atoms with Gasteiger partial charge >= 0.3 is 0 Å². The predicted molar refractivity (Wildman–Crippen MR) is 146 cm³/mol. The largest absolute Gasteiger partial charge is 0.336 e. The molecule has 0 radical (unpaired) electrons. The van der Waals surface area contributed by atoms with E-state index in [1.165, 1.54) is 11.1 Å². The van der Waals surface area contributed by atoms with E-state index < -0.39 is 11.9 Å². The number of rotatable bonds is 5. The first-order chi connectivity index (χ1) is 19.0. The number of piperidine rings is 1. The van der Waals surface area contributed by atoms with Crippen LogP contribution in [-0.2, 0) is 29.7 Å². The minimum atomic E-state index is -0.621. The fraction of sp³-hybridized carbons (Fsp3) is 0.290. The summed E-state index contributed by atoms with van der Waals surface area (Å²) in [5.41, 5.74) is 6.81. The summed E-state index contributed by atoms with van der Waals surface area (Å²) in [6.45, 7) is 2.24. The molecule has 2 saturated heterocycles. The number of carbonyl (C=O) groups is 3. The Balaban J connectivity index is 1.20. The maximum absolute atomic E-state index is 13.2. The smallest absolute Gasteiger partial charge is 0.255 e. The summed E-state index contributed by atoms with van der Waals surface area (Å²) in [7, 11) is 2.01. The van der Waals surface area contributed by atoms with Gasteiger partial charge in [0, 0.05) is 61.9 Å². The zero-order valence-electron chi connectivity index (χ0n) is 21.8. The van der Waals surface area contributed by atoms with Crippen molar-refractivity contribution in [2.24, 2.45) is 7.05 Å². The maximum Gasteiger partial charge on any atom is 0.255 e. The molecule has 7 rings (SSSR count). The van der Waals surface area contributed by atoms with Crippen LogP contribution in [0.2, 0.25) is 0 Å². The van der Waals surface area contributed by atoms with Crippen molar-refractivity contribution < 1.29 is 14.4 Å². The van der Waals surface area contributed by atoms with Crippen molar-refractivity contribution in [1.82, 2.24) is 24.7 Å². The van der Waals surface area contributed by atoms with Gasteiger partial charge in [0.2, 0.25) is 11.8 Å². The molecule has 3 aliphatic rings. The number of pyridine rings is 1. The lowest BCUT2D eigenvalue weighted by molar-refractivity contribution is -0.136. The van der Waals surface area contributed by atoms with Crippen LogP contribution in [0.3, 0.4) is 0 Å². The number of hydrogen-bond acceptors (Lipinski definition) is 5. The number of fused-ring (bicyclic) bond motifs is 2. The van der Waals surface area contributed by atoms with Gasteiger partial charge < -0.3 is 9.47 Å². The first kappa shape index (κ1) is 23.8. The highest BCUT2D eigenvalue weighted by atomic mass is 16.2. The van der Waals surface area contributed by atoms with Crippen molar-refractivity contribution in [2.45, 2.75) is 44.4 Å². The molecule has 2 aromatic carbocycles. The topological polar surface area (TPSA) is 87.5 Å². The third kappa shape index (κ3) is 4.03. The van der Waals surface area contributed by atoms with Gasteiger partial charge in [-0.15, -0.1) is 0 Å². The van der Waals surface area contributed by atoms with Gasteiger partial charge in [0.05, 0.1) is 5.69 Å². The Hall–Kier alpha value is -4.30. The van der Waals surface area contributed by atoms with E-state index in [1.54, 1.807) is 4.90 Å². The fourth-order valence-corrected chi connectivity index (χ4v) is 6.21. The molecule has 2 fully saturated rings. The Labute approximate surface area is 226 Å². The molecule has 2 atom stereocenters. The average molecular weight is 520 g/mol. The van der Waals surface area contributed by atoms with E-state index in [9.17, 15) is 14.4 Å². The van der Waals surface area contributed by atoms with Gasteiger partial charge in [-0.3, -0.25) is 24.6 Å². The Morgan fingerprint density at radius 2 is 1.82 bits per heavy atom. The van der Waals surface area contributed by atoms with Crippen molar-refractivity contribution in [2.75, 3.05) is 6.54 Å². The Morgan fingerprint density at radius 3 is 2.59 bits per heavy atom. The van der Waals surface area contributed by atoms with Crippen LogP contribution in [0.1, 0.15) is 52.4 Å². The number of benzene rings is 2. The Morgan fingerprint density at radius 1 is 0.974 bits per heavy atom. The number of amides is 3. The van der Waals surface area contributed by atoms with Crippen LogP contribution < -0.4 is 5.32 Å². The van der Waals surface area contributed by atoms with Crippen LogP contribution in [0.25, 0.3) is 22.3 Å². The van der Waals surface area contributed by atoms with Crippen LogP contribution in [0, 0.1) is 0 Å². The van der Waals surface area contributed by atoms with E-state index in [2.05, 4.69) is 63.4 Å². The lowest BCUT2D eigenvalue weighted by Gasteiger charge is -2.41. The Kier molecular flexibility index (Phi) is 5.59.